The number of nitrogens with one attached hydrogen (secondary N) is 1. The molecule has 0 spiro atoms. The molecular formula is C14H26N2O4. The van der Waals surface area contributed by atoms with E-state index in [0.29, 0.717) is 6.61 Å². The van der Waals surface area contributed by atoms with Crippen molar-refractivity contribution in [3.8, 4) is 0 Å². The fraction of sp³-hybridized carbons (Fsp3) is 0.857. The minimum absolute atomic E-state index is 0.0140. The minimum atomic E-state index is -0.378. The average Bonchev–Trinajstić information content (AvgIpc) is 2.43. The molecule has 0 radical (unpaired) electrons. The van der Waals surface area contributed by atoms with Gasteiger partial charge in [0, 0.05) is 6.04 Å². The summed E-state index contributed by atoms with van der Waals surface area (Å²) >= 11 is 0. The molecule has 116 valence electrons. The molecule has 0 aromatic rings. The van der Waals surface area contributed by atoms with Crippen LogP contribution in [-0.2, 0) is 19.1 Å². The molecule has 1 saturated heterocycles. The Balaban J connectivity index is 2.40. The molecule has 0 bridgehead atoms. The lowest BCUT2D eigenvalue weighted by Gasteiger charge is -2.28. The van der Waals surface area contributed by atoms with Crippen molar-refractivity contribution in [2.75, 3.05) is 32.8 Å². The summed E-state index contributed by atoms with van der Waals surface area (Å²) in [5, 5.41) is 3.25. The van der Waals surface area contributed by atoms with Crippen LogP contribution in [0.5, 0.6) is 0 Å². The number of rotatable bonds is 7. The molecule has 0 saturated carbocycles. The maximum atomic E-state index is 12.1. The second-order valence-electron chi connectivity index (χ2n) is 5.18. The van der Waals surface area contributed by atoms with Crippen LogP contribution in [0, 0.1) is 0 Å². The van der Waals surface area contributed by atoms with Crippen LogP contribution >= 0.6 is 0 Å². The van der Waals surface area contributed by atoms with Gasteiger partial charge in [0.15, 0.2) is 0 Å². The van der Waals surface area contributed by atoms with E-state index in [-0.39, 0.29) is 37.2 Å². The normalized spacial score (nSPS) is 16.2. The van der Waals surface area contributed by atoms with Gasteiger partial charge in [0.1, 0.15) is 13.2 Å². The number of ether oxygens (including phenoxy) is 2. The zero-order valence-corrected chi connectivity index (χ0v) is 12.7. The number of esters is 1. The second-order valence-corrected chi connectivity index (χ2v) is 5.18. The Bertz CT molecular complexity index is 314. The Morgan fingerprint density at radius 2 is 1.95 bits per heavy atom. The van der Waals surface area contributed by atoms with Crippen molar-refractivity contribution in [1.29, 1.82) is 0 Å². The Labute approximate surface area is 120 Å². The first-order valence-corrected chi connectivity index (χ1v) is 7.32. The van der Waals surface area contributed by atoms with E-state index in [4.69, 9.17) is 9.47 Å². The van der Waals surface area contributed by atoms with Crippen molar-refractivity contribution in [2.24, 2.45) is 0 Å². The van der Waals surface area contributed by atoms with Gasteiger partial charge < -0.3 is 19.7 Å². The van der Waals surface area contributed by atoms with Gasteiger partial charge in [-0.15, -0.1) is 0 Å². The number of carbonyl (C=O) groups excluding carboxylic acids is 2. The standard InChI is InChI=1S/C14H26N2O4/c1-4-19-14(18)9-16(11(2)3)13(17)10-20-12-5-7-15-8-6-12/h11-12,15H,4-10H2,1-3H3. The third kappa shape index (κ3) is 5.88. The molecule has 1 aliphatic heterocycles. The van der Waals surface area contributed by atoms with Gasteiger partial charge in [-0.3, -0.25) is 9.59 Å². The smallest absolute Gasteiger partial charge is 0.325 e. The van der Waals surface area contributed by atoms with Crippen molar-refractivity contribution < 1.29 is 19.1 Å². The fourth-order valence-electron chi connectivity index (χ4n) is 2.14. The summed E-state index contributed by atoms with van der Waals surface area (Å²) in [5.74, 6) is -0.539. The predicted molar refractivity (Wildman–Crippen MR) is 75.3 cm³/mol. The summed E-state index contributed by atoms with van der Waals surface area (Å²) in [6, 6.07) is -0.0523. The van der Waals surface area contributed by atoms with E-state index in [0.717, 1.165) is 25.9 Å². The third-order valence-corrected chi connectivity index (χ3v) is 3.28. The van der Waals surface area contributed by atoms with Crippen LogP contribution in [0.25, 0.3) is 0 Å². The van der Waals surface area contributed by atoms with E-state index in [9.17, 15) is 9.59 Å². The van der Waals surface area contributed by atoms with E-state index in [2.05, 4.69) is 5.32 Å². The van der Waals surface area contributed by atoms with E-state index >= 15 is 0 Å². The maximum Gasteiger partial charge on any atom is 0.325 e. The van der Waals surface area contributed by atoms with Crippen molar-refractivity contribution in [3.05, 3.63) is 0 Å². The van der Waals surface area contributed by atoms with Gasteiger partial charge in [-0.2, -0.15) is 0 Å². The molecule has 0 aromatic carbocycles. The molecule has 20 heavy (non-hydrogen) atoms. The molecule has 0 aliphatic carbocycles. The van der Waals surface area contributed by atoms with Gasteiger partial charge in [0.05, 0.1) is 12.7 Å². The molecule has 1 aliphatic rings. The summed E-state index contributed by atoms with van der Waals surface area (Å²) in [4.78, 5) is 25.1. The van der Waals surface area contributed by atoms with Crippen LogP contribution in [0.1, 0.15) is 33.6 Å². The van der Waals surface area contributed by atoms with Crippen molar-refractivity contribution in [1.82, 2.24) is 10.2 Å². The molecule has 0 unspecified atom stereocenters. The Morgan fingerprint density at radius 1 is 1.30 bits per heavy atom. The fourth-order valence-corrected chi connectivity index (χ4v) is 2.14. The van der Waals surface area contributed by atoms with Crippen LogP contribution in [0.2, 0.25) is 0 Å². The highest BCUT2D eigenvalue weighted by Gasteiger charge is 2.22. The summed E-state index contributed by atoms with van der Waals surface area (Å²) in [7, 11) is 0. The number of piperidine rings is 1. The number of carbonyl (C=O) groups is 2. The van der Waals surface area contributed by atoms with Crippen LogP contribution in [0.15, 0.2) is 0 Å². The van der Waals surface area contributed by atoms with Crippen LogP contribution in [0.3, 0.4) is 0 Å². The van der Waals surface area contributed by atoms with E-state index < -0.39 is 0 Å². The van der Waals surface area contributed by atoms with Gasteiger partial charge in [-0.1, -0.05) is 0 Å². The molecule has 1 heterocycles. The largest absolute Gasteiger partial charge is 0.465 e. The number of nitrogens with zero attached hydrogens (tertiary/aromatic N) is 1. The Hall–Kier alpha value is -1.14. The predicted octanol–water partition coefficient (Wildman–Crippen LogP) is 0.555. The number of hydrogen-bond acceptors (Lipinski definition) is 5. The molecular weight excluding hydrogens is 260 g/mol. The zero-order chi connectivity index (χ0) is 15.0. The van der Waals surface area contributed by atoms with Gasteiger partial charge in [-0.25, -0.2) is 0 Å². The van der Waals surface area contributed by atoms with Crippen molar-refractivity contribution in [2.45, 2.75) is 45.8 Å². The molecule has 1 N–H and O–H groups in total. The van der Waals surface area contributed by atoms with Gasteiger partial charge in [-0.05, 0) is 46.7 Å². The third-order valence-electron chi connectivity index (χ3n) is 3.28. The molecule has 6 nitrogen and oxygen atoms in total. The van der Waals surface area contributed by atoms with Gasteiger partial charge in [0.25, 0.3) is 0 Å². The molecule has 6 heteroatoms. The Morgan fingerprint density at radius 3 is 2.50 bits per heavy atom. The first-order valence-electron chi connectivity index (χ1n) is 7.32. The highest BCUT2D eigenvalue weighted by Crippen LogP contribution is 2.08. The van der Waals surface area contributed by atoms with Gasteiger partial charge in [0.2, 0.25) is 5.91 Å². The highest BCUT2D eigenvalue weighted by molar-refractivity contribution is 5.83. The first-order chi connectivity index (χ1) is 9.54. The van der Waals surface area contributed by atoms with Crippen LogP contribution < -0.4 is 5.32 Å². The second kappa shape index (κ2) is 8.92. The molecule has 0 aromatic heterocycles. The highest BCUT2D eigenvalue weighted by atomic mass is 16.5. The molecule has 1 rings (SSSR count). The number of amides is 1. The molecule has 0 atom stereocenters. The molecule has 1 fully saturated rings. The van der Waals surface area contributed by atoms with Crippen LogP contribution in [-0.4, -0.2) is 61.8 Å². The van der Waals surface area contributed by atoms with E-state index in [1.807, 2.05) is 13.8 Å². The summed E-state index contributed by atoms with van der Waals surface area (Å²) in [6.45, 7) is 7.70. The number of hydrogen-bond donors (Lipinski definition) is 1. The monoisotopic (exact) mass is 286 g/mol. The quantitative estimate of drug-likeness (QED) is 0.692. The van der Waals surface area contributed by atoms with Gasteiger partial charge >= 0.3 is 5.97 Å². The lowest BCUT2D eigenvalue weighted by atomic mass is 10.1. The topological polar surface area (TPSA) is 67.9 Å². The lowest BCUT2D eigenvalue weighted by molar-refractivity contribution is -0.152. The van der Waals surface area contributed by atoms with Crippen molar-refractivity contribution in [3.63, 3.8) is 0 Å². The Kier molecular flexibility index (Phi) is 7.54. The summed E-state index contributed by atoms with van der Waals surface area (Å²) in [6.07, 6.45) is 1.98. The van der Waals surface area contributed by atoms with E-state index in [1.165, 1.54) is 4.90 Å². The van der Waals surface area contributed by atoms with E-state index in [1.54, 1.807) is 6.92 Å². The first kappa shape index (κ1) is 16.9. The SMILES string of the molecule is CCOC(=O)CN(C(=O)COC1CCNCC1)C(C)C. The minimum Gasteiger partial charge on any atom is -0.465 e. The summed E-state index contributed by atoms with van der Waals surface area (Å²) < 4.78 is 10.5. The van der Waals surface area contributed by atoms with Crippen LogP contribution in [0.4, 0.5) is 0 Å². The average molecular weight is 286 g/mol. The zero-order valence-electron chi connectivity index (χ0n) is 12.7. The lowest BCUT2D eigenvalue weighted by Crippen LogP contribution is -2.44. The van der Waals surface area contributed by atoms with Crippen molar-refractivity contribution >= 4 is 11.9 Å². The summed E-state index contributed by atoms with van der Waals surface area (Å²) in [5.41, 5.74) is 0. The molecule has 1 amide bonds. The maximum absolute atomic E-state index is 12.1.